The van der Waals surface area contributed by atoms with Crippen LogP contribution in [0.25, 0.3) is 0 Å². The Hall–Kier alpha value is -2.45. The van der Waals surface area contributed by atoms with Crippen LogP contribution in [0.5, 0.6) is 5.75 Å². The van der Waals surface area contributed by atoms with E-state index in [-0.39, 0.29) is 0 Å². The standard InChI is InChI=1S/C17H15NO3S/c1-3-21-17(19)12-4-9-16(13(10-12)11-18)22-15-7-5-14(20-2)6-8-15/h4-10H,3H2,1-2H3. The molecule has 0 fully saturated rings. The number of hydrogen-bond donors (Lipinski definition) is 0. The first-order chi connectivity index (χ1) is 10.7. The molecule has 2 rings (SSSR count). The summed E-state index contributed by atoms with van der Waals surface area (Å²) < 4.78 is 10.1. The maximum atomic E-state index is 11.7. The zero-order valence-electron chi connectivity index (χ0n) is 12.3. The molecule has 0 aliphatic carbocycles. The highest BCUT2D eigenvalue weighted by atomic mass is 32.2. The van der Waals surface area contributed by atoms with Gasteiger partial charge in [-0.3, -0.25) is 0 Å². The Labute approximate surface area is 133 Å². The van der Waals surface area contributed by atoms with E-state index in [1.807, 2.05) is 24.3 Å². The molecule has 2 aromatic carbocycles. The van der Waals surface area contributed by atoms with E-state index in [1.54, 1.807) is 32.2 Å². The molecule has 0 spiro atoms. The molecular formula is C17H15NO3S. The van der Waals surface area contributed by atoms with Gasteiger partial charge in [-0.15, -0.1) is 0 Å². The van der Waals surface area contributed by atoms with Gasteiger partial charge < -0.3 is 9.47 Å². The van der Waals surface area contributed by atoms with Crippen LogP contribution in [0.15, 0.2) is 52.3 Å². The minimum atomic E-state index is -0.417. The quantitative estimate of drug-likeness (QED) is 0.784. The van der Waals surface area contributed by atoms with Gasteiger partial charge >= 0.3 is 5.97 Å². The smallest absolute Gasteiger partial charge is 0.338 e. The van der Waals surface area contributed by atoms with Crippen LogP contribution in [0, 0.1) is 11.3 Å². The molecule has 0 amide bonds. The van der Waals surface area contributed by atoms with E-state index in [0.29, 0.717) is 17.7 Å². The number of rotatable bonds is 5. The number of hydrogen-bond acceptors (Lipinski definition) is 5. The molecule has 112 valence electrons. The van der Waals surface area contributed by atoms with Gasteiger partial charge in [0, 0.05) is 9.79 Å². The minimum Gasteiger partial charge on any atom is -0.497 e. The summed E-state index contributed by atoms with van der Waals surface area (Å²) in [6.07, 6.45) is 0. The summed E-state index contributed by atoms with van der Waals surface area (Å²) in [5.74, 6) is 0.363. The Kier molecular flexibility index (Phi) is 5.45. The fourth-order valence-electron chi connectivity index (χ4n) is 1.82. The van der Waals surface area contributed by atoms with Crippen molar-refractivity contribution in [2.24, 2.45) is 0 Å². The summed E-state index contributed by atoms with van der Waals surface area (Å²) in [5.41, 5.74) is 0.837. The molecule has 0 aliphatic heterocycles. The van der Waals surface area contributed by atoms with Gasteiger partial charge in [0.05, 0.1) is 24.8 Å². The van der Waals surface area contributed by atoms with Crippen LogP contribution in [-0.4, -0.2) is 19.7 Å². The molecule has 0 aromatic heterocycles. The van der Waals surface area contributed by atoms with Crippen LogP contribution in [0.3, 0.4) is 0 Å². The average molecular weight is 313 g/mol. The number of nitriles is 1. The second kappa shape index (κ2) is 7.53. The van der Waals surface area contributed by atoms with Crippen molar-refractivity contribution in [3.8, 4) is 11.8 Å². The van der Waals surface area contributed by atoms with Crippen LogP contribution >= 0.6 is 11.8 Å². The minimum absolute atomic E-state index is 0.309. The fourth-order valence-corrected chi connectivity index (χ4v) is 2.70. The molecular weight excluding hydrogens is 298 g/mol. The number of esters is 1. The maximum absolute atomic E-state index is 11.7. The monoisotopic (exact) mass is 313 g/mol. The normalized spacial score (nSPS) is 9.86. The Morgan fingerprint density at radius 3 is 2.55 bits per heavy atom. The van der Waals surface area contributed by atoms with Crippen molar-refractivity contribution in [2.75, 3.05) is 13.7 Å². The first-order valence-corrected chi connectivity index (χ1v) is 7.52. The van der Waals surface area contributed by atoms with E-state index in [1.165, 1.54) is 11.8 Å². The third-order valence-corrected chi connectivity index (χ3v) is 3.98. The van der Waals surface area contributed by atoms with Gasteiger partial charge in [-0.05, 0) is 49.4 Å². The highest BCUT2D eigenvalue weighted by molar-refractivity contribution is 7.99. The number of carbonyl (C=O) groups excluding carboxylic acids is 1. The predicted octanol–water partition coefficient (Wildman–Crippen LogP) is 3.89. The summed E-state index contributed by atoms with van der Waals surface area (Å²) >= 11 is 1.46. The third-order valence-electron chi connectivity index (χ3n) is 2.90. The molecule has 0 unspecified atom stereocenters. The zero-order valence-corrected chi connectivity index (χ0v) is 13.1. The van der Waals surface area contributed by atoms with Crippen molar-refractivity contribution >= 4 is 17.7 Å². The lowest BCUT2D eigenvalue weighted by atomic mass is 10.1. The molecule has 4 nitrogen and oxygen atoms in total. The topological polar surface area (TPSA) is 59.3 Å². The van der Waals surface area contributed by atoms with E-state index >= 15 is 0 Å². The second-order valence-electron chi connectivity index (χ2n) is 4.32. The summed E-state index contributed by atoms with van der Waals surface area (Å²) in [4.78, 5) is 13.5. The van der Waals surface area contributed by atoms with Gasteiger partial charge in [-0.25, -0.2) is 4.79 Å². The predicted molar refractivity (Wildman–Crippen MR) is 84.2 cm³/mol. The van der Waals surface area contributed by atoms with E-state index in [0.717, 1.165) is 15.5 Å². The molecule has 0 aliphatic rings. The second-order valence-corrected chi connectivity index (χ2v) is 5.44. The summed E-state index contributed by atoms with van der Waals surface area (Å²) in [6, 6.07) is 14.7. The van der Waals surface area contributed by atoms with Crippen LogP contribution in [0.1, 0.15) is 22.8 Å². The van der Waals surface area contributed by atoms with Crippen LogP contribution < -0.4 is 4.74 Å². The van der Waals surface area contributed by atoms with Crippen molar-refractivity contribution in [3.63, 3.8) is 0 Å². The molecule has 0 saturated heterocycles. The molecule has 5 heteroatoms. The summed E-state index contributed by atoms with van der Waals surface area (Å²) in [7, 11) is 1.62. The number of benzene rings is 2. The number of nitrogens with zero attached hydrogens (tertiary/aromatic N) is 1. The lowest BCUT2D eigenvalue weighted by molar-refractivity contribution is 0.0526. The van der Waals surface area contributed by atoms with E-state index in [9.17, 15) is 10.1 Å². The lowest BCUT2D eigenvalue weighted by Crippen LogP contribution is -2.04. The first kappa shape index (κ1) is 15.9. The Bertz CT molecular complexity index is 705. The molecule has 0 radical (unpaired) electrons. The molecule has 0 bridgehead atoms. The van der Waals surface area contributed by atoms with Crippen molar-refractivity contribution in [1.29, 1.82) is 5.26 Å². The highest BCUT2D eigenvalue weighted by Gasteiger charge is 2.11. The van der Waals surface area contributed by atoms with Gasteiger partial charge in [0.15, 0.2) is 0 Å². The fraction of sp³-hybridized carbons (Fsp3) is 0.176. The van der Waals surface area contributed by atoms with Gasteiger partial charge in [0.1, 0.15) is 11.8 Å². The van der Waals surface area contributed by atoms with Crippen molar-refractivity contribution < 1.29 is 14.3 Å². The maximum Gasteiger partial charge on any atom is 0.338 e. The molecule has 0 saturated carbocycles. The average Bonchev–Trinajstić information content (AvgIpc) is 2.56. The van der Waals surface area contributed by atoms with Crippen LogP contribution in [0.2, 0.25) is 0 Å². The first-order valence-electron chi connectivity index (χ1n) is 6.71. The molecule has 22 heavy (non-hydrogen) atoms. The Morgan fingerprint density at radius 1 is 1.23 bits per heavy atom. The van der Waals surface area contributed by atoms with Crippen molar-refractivity contribution in [2.45, 2.75) is 16.7 Å². The Morgan fingerprint density at radius 2 is 1.95 bits per heavy atom. The lowest BCUT2D eigenvalue weighted by Gasteiger charge is -2.07. The van der Waals surface area contributed by atoms with E-state index < -0.39 is 5.97 Å². The largest absolute Gasteiger partial charge is 0.497 e. The van der Waals surface area contributed by atoms with Gasteiger partial charge in [0.2, 0.25) is 0 Å². The summed E-state index contributed by atoms with van der Waals surface area (Å²) in [6.45, 7) is 2.06. The molecule has 2 aromatic rings. The zero-order chi connectivity index (χ0) is 15.9. The number of methoxy groups -OCH3 is 1. The van der Waals surface area contributed by atoms with Gasteiger partial charge in [-0.2, -0.15) is 5.26 Å². The number of carbonyl (C=O) groups is 1. The van der Waals surface area contributed by atoms with Crippen LogP contribution in [-0.2, 0) is 4.74 Å². The van der Waals surface area contributed by atoms with Crippen LogP contribution in [0.4, 0.5) is 0 Å². The van der Waals surface area contributed by atoms with Crippen molar-refractivity contribution in [3.05, 3.63) is 53.6 Å². The van der Waals surface area contributed by atoms with Crippen molar-refractivity contribution in [1.82, 2.24) is 0 Å². The van der Waals surface area contributed by atoms with E-state index in [2.05, 4.69) is 6.07 Å². The number of ether oxygens (including phenoxy) is 2. The van der Waals surface area contributed by atoms with Gasteiger partial charge in [0.25, 0.3) is 0 Å². The molecule has 0 atom stereocenters. The summed E-state index contributed by atoms with van der Waals surface area (Å²) in [5, 5.41) is 9.28. The third kappa shape index (κ3) is 3.80. The Balaban J connectivity index is 2.23. The highest BCUT2D eigenvalue weighted by Crippen LogP contribution is 2.31. The van der Waals surface area contributed by atoms with Gasteiger partial charge in [-0.1, -0.05) is 11.8 Å². The molecule has 0 N–H and O–H groups in total. The van der Waals surface area contributed by atoms with E-state index in [4.69, 9.17) is 9.47 Å². The molecule has 0 heterocycles. The SMILES string of the molecule is CCOC(=O)c1ccc(Sc2ccc(OC)cc2)c(C#N)c1.